The maximum atomic E-state index is 6.70. The number of nitrogens with zero attached hydrogens (tertiary/aromatic N) is 1. The smallest absolute Gasteiger partial charge is 0.142 e. The second kappa shape index (κ2) is 8.88. The van der Waals surface area contributed by atoms with Gasteiger partial charge in [-0.2, -0.15) is 0 Å². The van der Waals surface area contributed by atoms with Gasteiger partial charge in [0.2, 0.25) is 0 Å². The highest BCUT2D eigenvalue weighted by Gasteiger charge is 2.23. The van der Waals surface area contributed by atoms with Crippen molar-refractivity contribution in [2.45, 2.75) is 6.10 Å². The Morgan fingerprint density at radius 2 is 1.68 bits per heavy atom. The molecule has 2 heterocycles. The summed E-state index contributed by atoms with van der Waals surface area (Å²) < 4.78 is 17.7. The molecular weight excluding hydrogens is 422 g/mol. The van der Waals surface area contributed by atoms with Crippen LogP contribution in [-0.2, 0) is 4.74 Å². The van der Waals surface area contributed by atoms with Crippen molar-refractivity contribution in [1.82, 2.24) is 0 Å². The fourth-order valence-corrected chi connectivity index (χ4v) is 4.86. The normalized spacial score (nSPS) is 17.3. The Hall–Kier alpha value is -3.76. The van der Waals surface area contributed by atoms with E-state index < -0.39 is 0 Å². The number of benzene rings is 4. The van der Waals surface area contributed by atoms with Crippen LogP contribution in [0.2, 0.25) is 0 Å². The minimum Gasteiger partial charge on any atom is -0.497 e. The predicted molar refractivity (Wildman–Crippen MR) is 138 cm³/mol. The van der Waals surface area contributed by atoms with Crippen LogP contribution in [0.3, 0.4) is 0 Å². The average Bonchev–Trinajstić information content (AvgIpc) is 2.93. The maximum Gasteiger partial charge on any atom is 0.142 e. The summed E-state index contributed by atoms with van der Waals surface area (Å²) in [7, 11) is 1.70. The van der Waals surface area contributed by atoms with Crippen LogP contribution in [0.5, 0.6) is 11.5 Å². The van der Waals surface area contributed by atoms with E-state index in [9.17, 15) is 0 Å². The van der Waals surface area contributed by atoms with Gasteiger partial charge in [0.15, 0.2) is 0 Å². The summed E-state index contributed by atoms with van der Waals surface area (Å²) in [5.74, 6) is 1.73. The Balaban J connectivity index is 1.40. The number of fused-ring (bicyclic) bond motifs is 3. The summed E-state index contributed by atoms with van der Waals surface area (Å²) in [5, 5.41) is 2.20. The molecule has 0 aromatic heterocycles. The number of morpholine rings is 1. The van der Waals surface area contributed by atoms with Gasteiger partial charge >= 0.3 is 0 Å². The molecule has 170 valence electrons. The minimum atomic E-state index is -0.147. The van der Waals surface area contributed by atoms with Crippen LogP contribution in [0.15, 0.2) is 84.9 Å². The number of rotatable bonds is 4. The van der Waals surface area contributed by atoms with Crippen molar-refractivity contribution in [3.05, 3.63) is 96.1 Å². The van der Waals surface area contributed by atoms with Crippen molar-refractivity contribution in [2.75, 3.05) is 38.3 Å². The molecule has 0 spiro atoms. The summed E-state index contributed by atoms with van der Waals surface area (Å²) in [5.41, 5.74) is 5.82. The molecule has 0 radical (unpaired) electrons. The number of methoxy groups -OCH3 is 1. The van der Waals surface area contributed by atoms with Gasteiger partial charge in [-0.1, -0.05) is 54.6 Å². The highest BCUT2D eigenvalue weighted by Crippen LogP contribution is 2.44. The van der Waals surface area contributed by atoms with Crippen LogP contribution in [0.1, 0.15) is 17.2 Å². The van der Waals surface area contributed by atoms with Gasteiger partial charge < -0.3 is 19.1 Å². The molecule has 34 heavy (non-hydrogen) atoms. The van der Waals surface area contributed by atoms with E-state index >= 15 is 0 Å². The Labute approximate surface area is 200 Å². The summed E-state index contributed by atoms with van der Waals surface area (Å²) in [4.78, 5) is 2.37. The molecule has 0 saturated carbocycles. The second-order valence-corrected chi connectivity index (χ2v) is 8.71. The van der Waals surface area contributed by atoms with Crippen LogP contribution in [-0.4, -0.2) is 33.4 Å². The monoisotopic (exact) mass is 449 g/mol. The third kappa shape index (κ3) is 3.80. The van der Waals surface area contributed by atoms with E-state index in [2.05, 4.69) is 83.8 Å². The highest BCUT2D eigenvalue weighted by molar-refractivity contribution is 5.99. The Morgan fingerprint density at radius 1 is 0.882 bits per heavy atom. The second-order valence-electron chi connectivity index (χ2n) is 8.71. The first-order valence-electron chi connectivity index (χ1n) is 11.8. The van der Waals surface area contributed by atoms with Crippen LogP contribution in [0.4, 0.5) is 5.69 Å². The Kier molecular flexibility index (Phi) is 5.44. The molecule has 0 amide bonds. The van der Waals surface area contributed by atoms with Gasteiger partial charge in [0.25, 0.3) is 0 Å². The quantitative estimate of drug-likeness (QED) is 0.356. The highest BCUT2D eigenvalue weighted by atomic mass is 16.5. The molecular formula is C30H27NO3. The largest absolute Gasteiger partial charge is 0.497 e. The molecule has 4 heteroatoms. The lowest BCUT2D eigenvalue weighted by atomic mass is 9.92. The molecule has 0 N–H and O–H groups in total. The number of hydrogen-bond donors (Lipinski definition) is 0. The van der Waals surface area contributed by atoms with Crippen molar-refractivity contribution < 1.29 is 14.2 Å². The zero-order valence-corrected chi connectivity index (χ0v) is 19.2. The summed E-state index contributed by atoms with van der Waals surface area (Å²) >= 11 is 0. The third-order valence-electron chi connectivity index (χ3n) is 6.70. The van der Waals surface area contributed by atoms with E-state index in [4.69, 9.17) is 14.2 Å². The molecule has 2 aliphatic rings. The average molecular weight is 450 g/mol. The van der Waals surface area contributed by atoms with Gasteiger partial charge in [0, 0.05) is 29.7 Å². The van der Waals surface area contributed by atoms with E-state index in [1.54, 1.807) is 7.11 Å². The lowest BCUT2D eigenvalue weighted by Gasteiger charge is -2.29. The van der Waals surface area contributed by atoms with Gasteiger partial charge in [0.05, 0.1) is 20.3 Å². The maximum absolute atomic E-state index is 6.70. The molecule has 4 aromatic rings. The van der Waals surface area contributed by atoms with E-state index in [0.717, 1.165) is 59.7 Å². The lowest BCUT2D eigenvalue weighted by molar-refractivity contribution is 0.122. The van der Waals surface area contributed by atoms with Crippen LogP contribution < -0.4 is 14.4 Å². The number of anilines is 1. The molecule has 6 rings (SSSR count). The van der Waals surface area contributed by atoms with Crippen LogP contribution in [0, 0.1) is 0 Å². The number of hydrogen-bond acceptors (Lipinski definition) is 4. The third-order valence-corrected chi connectivity index (χ3v) is 6.70. The van der Waals surface area contributed by atoms with E-state index in [0.29, 0.717) is 0 Å². The van der Waals surface area contributed by atoms with Crippen molar-refractivity contribution in [3.63, 3.8) is 0 Å². The fraction of sp³-hybridized carbons (Fsp3) is 0.200. The molecule has 0 aliphatic carbocycles. The van der Waals surface area contributed by atoms with Crippen molar-refractivity contribution in [1.29, 1.82) is 0 Å². The van der Waals surface area contributed by atoms with E-state index in [1.807, 2.05) is 12.1 Å². The molecule has 4 nitrogen and oxygen atoms in total. The van der Waals surface area contributed by atoms with Gasteiger partial charge in [0.1, 0.15) is 17.6 Å². The molecule has 1 atom stereocenters. The van der Waals surface area contributed by atoms with Crippen molar-refractivity contribution in [3.8, 4) is 22.6 Å². The minimum absolute atomic E-state index is 0.147. The van der Waals surface area contributed by atoms with Crippen LogP contribution >= 0.6 is 0 Å². The van der Waals surface area contributed by atoms with Crippen molar-refractivity contribution in [2.24, 2.45) is 0 Å². The molecule has 0 bridgehead atoms. The molecule has 1 fully saturated rings. The summed E-state index contributed by atoms with van der Waals surface area (Å²) in [6.45, 7) is 3.44. The van der Waals surface area contributed by atoms with Crippen molar-refractivity contribution >= 4 is 22.5 Å². The topological polar surface area (TPSA) is 30.9 Å². The van der Waals surface area contributed by atoms with Gasteiger partial charge in [-0.05, 0) is 58.5 Å². The zero-order chi connectivity index (χ0) is 22.9. The van der Waals surface area contributed by atoms with E-state index in [-0.39, 0.29) is 6.10 Å². The van der Waals surface area contributed by atoms with Crippen LogP contribution in [0.25, 0.3) is 28.0 Å². The first-order valence-corrected chi connectivity index (χ1v) is 11.8. The predicted octanol–water partition coefficient (Wildman–Crippen LogP) is 6.50. The molecule has 4 aromatic carbocycles. The summed E-state index contributed by atoms with van der Waals surface area (Å²) in [6, 6.07) is 27.6. The fourth-order valence-electron chi connectivity index (χ4n) is 4.86. The summed E-state index contributed by atoms with van der Waals surface area (Å²) in [6.07, 6.45) is 4.22. The standard InChI is InChI=1S/C30H27NO3/c1-32-25-12-9-23-19-27(21-5-3-2-4-6-21)26-13-14-29(34-30(26)28(23)20-25)22-7-10-24(11-8-22)31-15-17-33-18-16-31/h2-14,19-20,29H,15-18H2,1H3. The van der Waals surface area contributed by atoms with Gasteiger partial charge in [-0.3, -0.25) is 0 Å². The van der Waals surface area contributed by atoms with E-state index in [1.165, 1.54) is 16.8 Å². The first-order chi connectivity index (χ1) is 16.8. The molecule has 1 unspecified atom stereocenters. The van der Waals surface area contributed by atoms with Gasteiger partial charge in [-0.25, -0.2) is 0 Å². The van der Waals surface area contributed by atoms with Gasteiger partial charge in [-0.15, -0.1) is 0 Å². The SMILES string of the molecule is COc1ccc2cc(-c3ccccc3)c3c(c2c1)OC(c1ccc(N2CCOCC2)cc1)C=C3. The zero-order valence-electron chi connectivity index (χ0n) is 19.2. The molecule has 1 saturated heterocycles. The Bertz CT molecular complexity index is 1340. The first kappa shape index (κ1) is 20.8. The lowest BCUT2D eigenvalue weighted by Crippen LogP contribution is -2.36. The molecule has 2 aliphatic heterocycles. The Morgan fingerprint density at radius 3 is 2.44 bits per heavy atom. The number of ether oxygens (including phenoxy) is 3.